The predicted octanol–water partition coefficient (Wildman–Crippen LogP) is 4.50. The molecule has 1 aromatic heterocycles. The zero-order valence-corrected chi connectivity index (χ0v) is 16.0. The summed E-state index contributed by atoms with van der Waals surface area (Å²) in [6.45, 7) is 1.83. The summed E-state index contributed by atoms with van der Waals surface area (Å²) in [4.78, 5) is 27.7. The van der Waals surface area contributed by atoms with E-state index in [2.05, 4.69) is 10.3 Å². The molecule has 6 nitrogen and oxygen atoms in total. The van der Waals surface area contributed by atoms with Crippen molar-refractivity contribution in [3.63, 3.8) is 0 Å². The Hall–Kier alpha value is -3.10. The predicted molar refractivity (Wildman–Crippen MR) is 100 cm³/mol. The average molecular weight is 410 g/mol. The van der Waals surface area contributed by atoms with Gasteiger partial charge in [0, 0.05) is 24.6 Å². The fraction of sp³-hybridized carbons (Fsp3) is 0.350. The molecular formula is C20H21F3N2O4. The van der Waals surface area contributed by atoms with Crippen LogP contribution in [-0.4, -0.2) is 30.4 Å². The highest BCUT2D eigenvalue weighted by Gasteiger charge is 2.31. The highest BCUT2D eigenvalue weighted by molar-refractivity contribution is 5.97. The van der Waals surface area contributed by atoms with Crippen LogP contribution in [-0.2, 0) is 11.0 Å². The second kappa shape index (κ2) is 9.90. The molecule has 0 fully saturated rings. The maximum absolute atomic E-state index is 12.7. The summed E-state index contributed by atoms with van der Waals surface area (Å²) in [6, 6.07) is 6.00. The van der Waals surface area contributed by atoms with Crippen LogP contribution >= 0.6 is 0 Å². The topological polar surface area (TPSA) is 77.5 Å². The Balaban J connectivity index is 1.90. The van der Waals surface area contributed by atoms with Crippen LogP contribution in [0.5, 0.6) is 11.5 Å². The smallest absolute Gasteiger partial charge is 0.416 e. The molecule has 0 atom stereocenters. The number of aromatic nitrogens is 1. The summed E-state index contributed by atoms with van der Waals surface area (Å²) in [6.07, 6.45) is -2.24. The van der Waals surface area contributed by atoms with Crippen molar-refractivity contribution < 1.29 is 32.2 Å². The Morgan fingerprint density at radius 1 is 1.14 bits per heavy atom. The Bertz CT molecular complexity index is 869. The fourth-order valence-corrected chi connectivity index (χ4v) is 2.43. The third-order valence-electron chi connectivity index (χ3n) is 3.97. The molecule has 1 amide bonds. The number of anilines is 1. The molecule has 0 radical (unpaired) electrons. The molecule has 9 heteroatoms. The van der Waals surface area contributed by atoms with Gasteiger partial charge in [0.2, 0.25) is 5.91 Å². The molecule has 2 rings (SSSR count). The summed E-state index contributed by atoms with van der Waals surface area (Å²) in [5.74, 6) is 0.0647. The lowest BCUT2D eigenvalue weighted by atomic mass is 10.1. The van der Waals surface area contributed by atoms with Crippen LogP contribution in [0.2, 0.25) is 0 Å². The number of nitrogens with zero attached hydrogens (tertiary/aromatic N) is 1. The van der Waals surface area contributed by atoms with E-state index >= 15 is 0 Å². The van der Waals surface area contributed by atoms with Crippen molar-refractivity contribution in [2.45, 2.75) is 32.4 Å². The van der Waals surface area contributed by atoms with E-state index in [1.54, 1.807) is 13.0 Å². The standard InChI is InChI=1S/C20H21F3N2O4/c1-3-19(27)25-18-11-13(8-9-24-18)15(26)5-4-10-29-16-7-6-14(20(21,22)23)12-17(16)28-2/h6-9,11-12H,3-5,10H2,1-2H3,(H,24,25,27). The quantitative estimate of drug-likeness (QED) is 0.487. The van der Waals surface area contributed by atoms with Gasteiger partial charge in [0.15, 0.2) is 17.3 Å². The van der Waals surface area contributed by atoms with E-state index in [0.717, 1.165) is 12.1 Å². The van der Waals surface area contributed by atoms with Gasteiger partial charge in [0.05, 0.1) is 19.3 Å². The first-order valence-corrected chi connectivity index (χ1v) is 8.91. The maximum atomic E-state index is 12.7. The SMILES string of the molecule is CCC(=O)Nc1cc(C(=O)CCCOc2ccc(C(F)(F)F)cc2OC)ccn1. The van der Waals surface area contributed by atoms with Crippen LogP contribution in [0.15, 0.2) is 36.5 Å². The molecule has 1 N–H and O–H groups in total. The summed E-state index contributed by atoms with van der Waals surface area (Å²) < 4.78 is 48.7. The zero-order chi connectivity index (χ0) is 21.4. The Labute approximate surface area is 166 Å². The van der Waals surface area contributed by atoms with Gasteiger partial charge >= 0.3 is 6.18 Å². The lowest BCUT2D eigenvalue weighted by Gasteiger charge is -2.13. The summed E-state index contributed by atoms with van der Waals surface area (Å²) >= 11 is 0. The lowest BCUT2D eigenvalue weighted by Crippen LogP contribution is -2.12. The number of hydrogen-bond donors (Lipinski definition) is 1. The van der Waals surface area contributed by atoms with Crippen molar-refractivity contribution in [1.82, 2.24) is 4.98 Å². The number of ketones is 1. The van der Waals surface area contributed by atoms with E-state index in [1.807, 2.05) is 0 Å². The monoisotopic (exact) mass is 410 g/mol. The van der Waals surface area contributed by atoms with Gasteiger partial charge in [0.1, 0.15) is 5.82 Å². The van der Waals surface area contributed by atoms with Crippen molar-refractivity contribution >= 4 is 17.5 Å². The fourth-order valence-electron chi connectivity index (χ4n) is 2.43. The molecule has 0 aliphatic heterocycles. The van der Waals surface area contributed by atoms with Gasteiger partial charge < -0.3 is 14.8 Å². The Morgan fingerprint density at radius 2 is 1.90 bits per heavy atom. The van der Waals surface area contributed by atoms with Crippen LogP contribution in [0.4, 0.5) is 19.0 Å². The van der Waals surface area contributed by atoms with Gasteiger partial charge in [-0.05, 0) is 36.8 Å². The van der Waals surface area contributed by atoms with Crippen molar-refractivity contribution in [2.24, 2.45) is 0 Å². The molecule has 1 aromatic carbocycles. The number of alkyl halides is 3. The van der Waals surface area contributed by atoms with Crippen LogP contribution in [0.1, 0.15) is 42.1 Å². The van der Waals surface area contributed by atoms with E-state index in [4.69, 9.17) is 9.47 Å². The van der Waals surface area contributed by atoms with E-state index in [0.29, 0.717) is 24.2 Å². The van der Waals surface area contributed by atoms with E-state index in [1.165, 1.54) is 25.4 Å². The minimum absolute atomic E-state index is 0.0309. The normalized spacial score (nSPS) is 11.1. The van der Waals surface area contributed by atoms with Gasteiger partial charge in [0.25, 0.3) is 0 Å². The molecule has 0 unspecified atom stereocenters. The number of methoxy groups -OCH3 is 1. The second-order valence-corrected chi connectivity index (χ2v) is 6.07. The molecular weight excluding hydrogens is 389 g/mol. The molecule has 29 heavy (non-hydrogen) atoms. The van der Waals surface area contributed by atoms with Crippen molar-refractivity contribution in [1.29, 1.82) is 0 Å². The maximum Gasteiger partial charge on any atom is 0.416 e. The third kappa shape index (κ3) is 6.48. The van der Waals surface area contributed by atoms with Crippen molar-refractivity contribution in [3.8, 4) is 11.5 Å². The number of amides is 1. The minimum atomic E-state index is -4.47. The van der Waals surface area contributed by atoms with Crippen LogP contribution in [0, 0.1) is 0 Å². The first-order chi connectivity index (χ1) is 13.7. The summed E-state index contributed by atoms with van der Waals surface area (Å²) in [5, 5.41) is 2.58. The highest BCUT2D eigenvalue weighted by atomic mass is 19.4. The lowest BCUT2D eigenvalue weighted by molar-refractivity contribution is -0.137. The Morgan fingerprint density at radius 3 is 2.55 bits per heavy atom. The van der Waals surface area contributed by atoms with Gasteiger partial charge in [-0.25, -0.2) is 4.98 Å². The van der Waals surface area contributed by atoms with Gasteiger partial charge in [-0.3, -0.25) is 9.59 Å². The summed E-state index contributed by atoms with van der Waals surface area (Å²) in [7, 11) is 1.25. The molecule has 2 aromatic rings. The van der Waals surface area contributed by atoms with Crippen molar-refractivity contribution in [2.75, 3.05) is 19.0 Å². The minimum Gasteiger partial charge on any atom is -0.493 e. The molecule has 0 bridgehead atoms. The number of rotatable bonds is 9. The number of ether oxygens (including phenoxy) is 2. The average Bonchev–Trinajstić information content (AvgIpc) is 2.70. The molecule has 0 aliphatic rings. The van der Waals surface area contributed by atoms with Crippen LogP contribution in [0.3, 0.4) is 0 Å². The second-order valence-electron chi connectivity index (χ2n) is 6.07. The number of nitrogens with one attached hydrogen (secondary N) is 1. The first kappa shape index (κ1) is 22.2. The van der Waals surface area contributed by atoms with Crippen LogP contribution in [0.25, 0.3) is 0 Å². The number of carbonyl (C=O) groups excluding carboxylic acids is 2. The number of Topliss-reactive ketones (excluding diaryl/α,β-unsaturated/α-hetero) is 1. The highest BCUT2D eigenvalue weighted by Crippen LogP contribution is 2.36. The molecule has 0 aliphatic carbocycles. The zero-order valence-electron chi connectivity index (χ0n) is 16.0. The van der Waals surface area contributed by atoms with Crippen molar-refractivity contribution in [3.05, 3.63) is 47.7 Å². The van der Waals surface area contributed by atoms with E-state index in [-0.39, 0.29) is 36.2 Å². The first-order valence-electron chi connectivity index (χ1n) is 8.91. The molecule has 0 spiro atoms. The Kier molecular flexibility index (Phi) is 7.58. The van der Waals surface area contributed by atoms with E-state index in [9.17, 15) is 22.8 Å². The number of benzene rings is 1. The number of carbonyl (C=O) groups is 2. The summed E-state index contributed by atoms with van der Waals surface area (Å²) in [5.41, 5.74) is -0.431. The van der Waals surface area contributed by atoms with Gasteiger partial charge in [-0.15, -0.1) is 0 Å². The number of pyridine rings is 1. The van der Waals surface area contributed by atoms with Crippen LogP contribution < -0.4 is 14.8 Å². The molecule has 0 saturated carbocycles. The molecule has 156 valence electrons. The largest absolute Gasteiger partial charge is 0.493 e. The van der Waals surface area contributed by atoms with Gasteiger partial charge in [-0.2, -0.15) is 13.2 Å². The number of halogens is 3. The van der Waals surface area contributed by atoms with E-state index < -0.39 is 11.7 Å². The number of hydrogen-bond acceptors (Lipinski definition) is 5. The molecule has 1 heterocycles. The molecule has 0 saturated heterocycles. The third-order valence-corrected chi connectivity index (χ3v) is 3.97. The van der Waals surface area contributed by atoms with Gasteiger partial charge in [-0.1, -0.05) is 6.92 Å².